The fourth-order valence-electron chi connectivity index (χ4n) is 3.93. The molecule has 0 aliphatic heterocycles. The molecule has 152 valence electrons. The number of nitrogens with zero attached hydrogens (tertiary/aromatic N) is 8. The van der Waals surface area contributed by atoms with E-state index in [2.05, 4.69) is 35.1 Å². The summed E-state index contributed by atoms with van der Waals surface area (Å²) in [5, 5.41) is 18.3. The maximum atomic E-state index is 9.21. The third-order valence-electron chi connectivity index (χ3n) is 5.54. The predicted molar refractivity (Wildman–Crippen MR) is 112 cm³/mol. The molecule has 4 heterocycles. The van der Waals surface area contributed by atoms with Crippen LogP contribution in [0, 0.1) is 23.2 Å². The highest BCUT2D eigenvalue weighted by atomic mass is 15.3. The Hall–Kier alpha value is -3.47. The second-order valence-corrected chi connectivity index (χ2v) is 8.44. The smallest absolute Gasteiger partial charge is 0.149 e. The van der Waals surface area contributed by atoms with Crippen molar-refractivity contribution in [2.75, 3.05) is 0 Å². The van der Waals surface area contributed by atoms with Gasteiger partial charge in [0, 0.05) is 43.0 Å². The van der Waals surface area contributed by atoms with Crippen LogP contribution in [0.2, 0.25) is 0 Å². The van der Waals surface area contributed by atoms with E-state index < -0.39 is 0 Å². The SMILES string of the molecule is CC(C)Cn1cc(-c2cc3nccn3c(-c3cnn(C(CC#N)C4CC4)c3)n2)cn1. The van der Waals surface area contributed by atoms with E-state index in [-0.39, 0.29) is 6.04 Å². The molecule has 0 aromatic carbocycles. The average molecular weight is 400 g/mol. The van der Waals surface area contributed by atoms with Crippen molar-refractivity contribution >= 4 is 5.65 Å². The summed E-state index contributed by atoms with van der Waals surface area (Å²) in [5.41, 5.74) is 3.55. The van der Waals surface area contributed by atoms with Gasteiger partial charge < -0.3 is 0 Å². The lowest BCUT2D eigenvalue weighted by Crippen LogP contribution is -2.11. The first kappa shape index (κ1) is 18.6. The number of hydrogen-bond acceptors (Lipinski definition) is 5. The first-order valence-corrected chi connectivity index (χ1v) is 10.4. The van der Waals surface area contributed by atoms with Crippen molar-refractivity contribution in [3.05, 3.63) is 43.2 Å². The van der Waals surface area contributed by atoms with Crippen molar-refractivity contribution in [3.8, 4) is 28.7 Å². The number of fused-ring (bicyclic) bond motifs is 1. The summed E-state index contributed by atoms with van der Waals surface area (Å²) >= 11 is 0. The van der Waals surface area contributed by atoms with Crippen molar-refractivity contribution in [1.82, 2.24) is 33.9 Å². The zero-order valence-electron chi connectivity index (χ0n) is 17.2. The molecule has 0 amide bonds. The lowest BCUT2D eigenvalue weighted by Gasteiger charge is -2.12. The molecular formula is C22H24N8. The first-order valence-electron chi connectivity index (χ1n) is 10.4. The zero-order valence-corrected chi connectivity index (χ0v) is 17.2. The Morgan fingerprint density at radius 2 is 2.00 bits per heavy atom. The van der Waals surface area contributed by atoms with Crippen LogP contribution in [0.3, 0.4) is 0 Å². The van der Waals surface area contributed by atoms with Gasteiger partial charge in [-0.05, 0) is 24.7 Å². The van der Waals surface area contributed by atoms with Gasteiger partial charge in [-0.1, -0.05) is 13.8 Å². The summed E-state index contributed by atoms with van der Waals surface area (Å²) in [7, 11) is 0. The molecule has 5 rings (SSSR count). The number of aromatic nitrogens is 7. The number of hydrogen-bond donors (Lipinski definition) is 0. The van der Waals surface area contributed by atoms with Gasteiger partial charge in [-0.2, -0.15) is 15.5 Å². The molecule has 4 aromatic rings. The molecule has 0 N–H and O–H groups in total. The van der Waals surface area contributed by atoms with Gasteiger partial charge in [-0.3, -0.25) is 13.8 Å². The molecule has 4 aromatic heterocycles. The maximum Gasteiger partial charge on any atom is 0.149 e. The molecule has 0 spiro atoms. The van der Waals surface area contributed by atoms with E-state index in [1.807, 2.05) is 50.8 Å². The molecule has 8 heteroatoms. The third kappa shape index (κ3) is 3.47. The summed E-state index contributed by atoms with van der Waals surface area (Å²) in [4.78, 5) is 9.42. The van der Waals surface area contributed by atoms with Crippen LogP contribution in [-0.2, 0) is 6.54 Å². The van der Waals surface area contributed by atoms with Crippen LogP contribution in [-0.4, -0.2) is 33.9 Å². The molecule has 0 bridgehead atoms. The highest BCUT2D eigenvalue weighted by Crippen LogP contribution is 2.41. The Labute approximate surface area is 174 Å². The minimum atomic E-state index is 0.138. The number of imidazole rings is 1. The van der Waals surface area contributed by atoms with E-state index >= 15 is 0 Å². The molecule has 8 nitrogen and oxygen atoms in total. The van der Waals surface area contributed by atoms with Crippen LogP contribution >= 0.6 is 0 Å². The normalized spacial score (nSPS) is 15.0. The fraction of sp³-hybridized carbons (Fsp3) is 0.409. The van der Waals surface area contributed by atoms with Crippen LogP contribution in [0.1, 0.15) is 39.2 Å². The monoisotopic (exact) mass is 400 g/mol. The van der Waals surface area contributed by atoms with E-state index in [1.165, 1.54) is 12.8 Å². The standard InChI is InChI=1S/C22H24N8/c1-15(2)12-28-13-17(10-25-28)19-9-21-24-7-8-29(21)22(27-19)18-11-26-30(14-18)20(5-6-23)16-3-4-16/h7-11,13-16,20H,3-5,12H2,1-2H3. The largest absolute Gasteiger partial charge is 0.284 e. The van der Waals surface area contributed by atoms with Crippen LogP contribution in [0.5, 0.6) is 0 Å². The van der Waals surface area contributed by atoms with Gasteiger partial charge in [-0.25, -0.2) is 9.97 Å². The topological polar surface area (TPSA) is 89.6 Å². The van der Waals surface area contributed by atoms with E-state index in [0.29, 0.717) is 18.3 Å². The second kappa shape index (κ2) is 7.41. The van der Waals surface area contributed by atoms with Gasteiger partial charge in [0.2, 0.25) is 0 Å². The summed E-state index contributed by atoms with van der Waals surface area (Å²) < 4.78 is 5.87. The van der Waals surface area contributed by atoms with Gasteiger partial charge in [0.15, 0.2) is 0 Å². The molecule has 1 aliphatic carbocycles. The van der Waals surface area contributed by atoms with Crippen LogP contribution in [0.15, 0.2) is 43.2 Å². The van der Waals surface area contributed by atoms with Gasteiger partial charge in [0.25, 0.3) is 0 Å². The van der Waals surface area contributed by atoms with Gasteiger partial charge in [-0.15, -0.1) is 0 Å². The van der Waals surface area contributed by atoms with Crippen LogP contribution in [0.4, 0.5) is 0 Å². The molecule has 1 aliphatic rings. The lowest BCUT2D eigenvalue weighted by molar-refractivity contribution is 0.412. The second-order valence-electron chi connectivity index (χ2n) is 8.44. The summed E-state index contributed by atoms with van der Waals surface area (Å²) in [6.07, 6.45) is 14.2. The highest BCUT2D eigenvalue weighted by molar-refractivity contribution is 5.68. The maximum absolute atomic E-state index is 9.21. The van der Waals surface area contributed by atoms with E-state index in [4.69, 9.17) is 4.98 Å². The zero-order chi connectivity index (χ0) is 20.7. The Bertz CT molecular complexity index is 1220. The Balaban J connectivity index is 1.54. The van der Waals surface area contributed by atoms with E-state index in [1.54, 1.807) is 6.20 Å². The summed E-state index contributed by atoms with van der Waals surface area (Å²) in [6.45, 7) is 5.22. The average Bonchev–Trinajstić information content (AvgIpc) is 3.11. The number of nitriles is 1. The van der Waals surface area contributed by atoms with Crippen molar-refractivity contribution in [3.63, 3.8) is 0 Å². The van der Waals surface area contributed by atoms with E-state index in [9.17, 15) is 5.26 Å². The molecule has 0 saturated heterocycles. The van der Waals surface area contributed by atoms with Gasteiger partial charge in [0.1, 0.15) is 11.5 Å². The molecule has 1 unspecified atom stereocenters. The van der Waals surface area contributed by atoms with Crippen molar-refractivity contribution < 1.29 is 0 Å². The molecule has 0 radical (unpaired) electrons. The van der Waals surface area contributed by atoms with Crippen LogP contribution in [0.25, 0.3) is 28.3 Å². The number of rotatable bonds is 7. The van der Waals surface area contributed by atoms with E-state index in [0.717, 1.165) is 34.8 Å². The first-order chi connectivity index (χ1) is 14.6. The Morgan fingerprint density at radius 1 is 1.17 bits per heavy atom. The quantitative estimate of drug-likeness (QED) is 0.468. The van der Waals surface area contributed by atoms with Gasteiger partial charge in [0.05, 0.1) is 42.2 Å². The minimum Gasteiger partial charge on any atom is -0.284 e. The summed E-state index contributed by atoms with van der Waals surface area (Å²) in [5.74, 6) is 1.86. The minimum absolute atomic E-state index is 0.138. The molecule has 30 heavy (non-hydrogen) atoms. The van der Waals surface area contributed by atoms with Crippen molar-refractivity contribution in [1.29, 1.82) is 5.26 Å². The third-order valence-corrected chi connectivity index (χ3v) is 5.54. The molecule has 1 saturated carbocycles. The van der Waals surface area contributed by atoms with Crippen molar-refractivity contribution in [2.24, 2.45) is 11.8 Å². The fourth-order valence-corrected chi connectivity index (χ4v) is 3.93. The lowest BCUT2D eigenvalue weighted by atomic mass is 10.1. The van der Waals surface area contributed by atoms with Gasteiger partial charge >= 0.3 is 0 Å². The molecule has 1 fully saturated rings. The Morgan fingerprint density at radius 3 is 2.77 bits per heavy atom. The molecular weight excluding hydrogens is 376 g/mol. The Kier molecular flexibility index (Phi) is 4.58. The van der Waals surface area contributed by atoms with Crippen LogP contribution < -0.4 is 0 Å². The highest BCUT2D eigenvalue weighted by Gasteiger charge is 2.33. The predicted octanol–water partition coefficient (Wildman–Crippen LogP) is 3.98. The summed E-state index contributed by atoms with van der Waals surface area (Å²) in [6, 6.07) is 4.43. The van der Waals surface area contributed by atoms with Crippen molar-refractivity contribution in [2.45, 2.75) is 45.7 Å². The molecule has 1 atom stereocenters.